The maximum absolute atomic E-state index is 16.0. The van der Waals surface area contributed by atoms with Crippen LogP contribution >= 0.6 is 0 Å². The fraction of sp³-hybridized carbons (Fsp3) is 0.552. The van der Waals surface area contributed by atoms with Crippen molar-refractivity contribution >= 4 is 12.0 Å². The second kappa shape index (κ2) is 11.6. The molecule has 4 atom stereocenters. The Kier molecular flexibility index (Phi) is 8.12. The number of amides is 1. The molecule has 0 unspecified atom stereocenters. The van der Waals surface area contributed by atoms with E-state index in [-0.39, 0.29) is 12.8 Å². The van der Waals surface area contributed by atoms with Crippen LogP contribution in [0.15, 0.2) is 36.8 Å². The molecule has 5 rings (SSSR count). The number of hydrogen-bond acceptors (Lipinski definition) is 9. The molecule has 1 amide bonds. The number of anilines is 1. The van der Waals surface area contributed by atoms with Gasteiger partial charge in [0, 0.05) is 44.6 Å². The van der Waals surface area contributed by atoms with Crippen molar-refractivity contribution in [3.05, 3.63) is 36.8 Å². The van der Waals surface area contributed by atoms with Gasteiger partial charge in [0.05, 0.1) is 24.5 Å². The summed E-state index contributed by atoms with van der Waals surface area (Å²) in [6, 6.07) is 4.62. The minimum Gasteiger partial charge on any atom is -0.467 e. The highest BCUT2D eigenvalue weighted by Gasteiger charge is 2.50. The lowest BCUT2D eigenvalue weighted by molar-refractivity contribution is -0.0468. The van der Waals surface area contributed by atoms with Gasteiger partial charge in [-0.15, -0.1) is 10.2 Å². The standard InChI is InChI=1S/C29H38FN7O4/c1-29(2,3)41-28(38)37-20-8-7-9-23(37)26(30)24(13-20)36(5)27-31-15-22(33-34-27)21-11-10-18(12-25(21)40-17-39-6)19-14-32-35(4)16-19/h10-12,14-16,20,23-24,26H,7-9,13,17H2,1-6H3/t20-,23+,24-,26+/m0/s1. The molecule has 2 aliphatic rings. The van der Waals surface area contributed by atoms with Gasteiger partial charge in [0.2, 0.25) is 5.95 Å². The SMILES string of the molecule is COCOc1cc(-c2cnn(C)c2)ccc1-c1cnc(N(C)[C@H]2C[C@@H]3CCC[C@H]([C@H]2F)N3C(=O)OC(C)(C)C)nn1. The highest BCUT2D eigenvalue weighted by Crippen LogP contribution is 2.39. The molecule has 2 aromatic heterocycles. The molecule has 2 aliphatic heterocycles. The van der Waals surface area contributed by atoms with E-state index >= 15 is 4.39 Å². The summed E-state index contributed by atoms with van der Waals surface area (Å²) in [7, 11) is 5.20. The van der Waals surface area contributed by atoms with Crippen molar-refractivity contribution in [3.63, 3.8) is 0 Å². The third-order valence-electron chi connectivity index (χ3n) is 7.63. The summed E-state index contributed by atoms with van der Waals surface area (Å²) >= 11 is 0. The Balaban J connectivity index is 1.35. The molecule has 2 saturated heterocycles. The predicted octanol–water partition coefficient (Wildman–Crippen LogP) is 4.63. The first-order valence-corrected chi connectivity index (χ1v) is 13.9. The molecule has 0 N–H and O–H groups in total. The summed E-state index contributed by atoms with van der Waals surface area (Å²) in [5.41, 5.74) is 2.46. The van der Waals surface area contributed by atoms with E-state index in [2.05, 4.69) is 20.3 Å². The first-order valence-electron chi connectivity index (χ1n) is 13.9. The summed E-state index contributed by atoms with van der Waals surface area (Å²) in [6.45, 7) is 5.53. The Morgan fingerprint density at radius 1 is 1.17 bits per heavy atom. The number of methoxy groups -OCH3 is 1. The molecule has 41 heavy (non-hydrogen) atoms. The van der Waals surface area contributed by atoms with Gasteiger partial charge in [-0.1, -0.05) is 6.07 Å². The van der Waals surface area contributed by atoms with E-state index < -0.39 is 29.9 Å². The van der Waals surface area contributed by atoms with Crippen molar-refractivity contribution in [2.75, 3.05) is 25.9 Å². The summed E-state index contributed by atoms with van der Waals surface area (Å²) in [5, 5.41) is 13.0. The lowest BCUT2D eigenvalue weighted by Gasteiger charge is -2.51. The average Bonchev–Trinajstić information content (AvgIpc) is 3.38. The second-order valence-corrected chi connectivity index (χ2v) is 11.7. The van der Waals surface area contributed by atoms with Crippen LogP contribution in [-0.2, 0) is 16.5 Å². The van der Waals surface area contributed by atoms with Crippen LogP contribution in [0, 0.1) is 0 Å². The summed E-state index contributed by atoms with van der Waals surface area (Å²) in [6.07, 6.45) is 6.34. The van der Waals surface area contributed by atoms with Gasteiger partial charge in [0.25, 0.3) is 0 Å². The predicted molar refractivity (Wildman–Crippen MR) is 151 cm³/mol. The number of halogens is 1. The van der Waals surface area contributed by atoms with Crippen LogP contribution in [0.3, 0.4) is 0 Å². The van der Waals surface area contributed by atoms with E-state index in [0.29, 0.717) is 35.8 Å². The minimum absolute atomic E-state index is 0.0629. The zero-order chi connectivity index (χ0) is 29.3. The van der Waals surface area contributed by atoms with Gasteiger partial charge < -0.3 is 19.1 Å². The molecule has 2 fully saturated rings. The summed E-state index contributed by atoms with van der Waals surface area (Å²) in [5.74, 6) is 0.883. The third-order valence-corrected chi connectivity index (χ3v) is 7.63. The molecule has 0 radical (unpaired) electrons. The van der Waals surface area contributed by atoms with Crippen LogP contribution in [-0.4, -0.2) is 86.8 Å². The molecule has 12 heteroatoms. The number of fused-ring (bicyclic) bond motifs is 2. The smallest absolute Gasteiger partial charge is 0.410 e. The highest BCUT2D eigenvalue weighted by molar-refractivity contribution is 5.74. The van der Waals surface area contributed by atoms with Crippen molar-refractivity contribution < 1.29 is 23.4 Å². The number of aryl methyl sites for hydroxylation is 1. The summed E-state index contributed by atoms with van der Waals surface area (Å²) in [4.78, 5) is 20.9. The maximum atomic E-state index is 16.0. The van der Waals surface area contributed by atoms with Crippen LogP contribution in [0.5, 0.6) is 5.75 Å². The molecule has 3 aromatic rings. The molecule has 220 valence electrons. The summed E-state index contributed by atoms with van der Waals surface area (Å²) < 4.78 is 34.3. The molecule has 0 saturated carbocycles. The molecule has 0 aliphatic carbocycles. The average molecular weight is 568 g/mol. The lowest BCUT2D eigenvalue weighted by Crippen LogP contribution is -2.65. The van der Waals surface area contributed by atoms with Gasteiger partial charge in [0.15, 0.2) is 6.79 Å². The Morgan fingerprint density at radius 2 is 1.98 bits per heavy atom. The van der Waals surface area contributed by atoms with Crippen LogP contribution in [0.25, 0.3) is 22.4 Å². The number of nitrogens with zero attached hydrogens (tertiary/aromatic N) is 7. The number of rotatable bonds is 7. The number of carbonyl (C=O) groups is 1. The number of aromatic nitrogens is 5. The van der Waals surface area contributed by atoms with Gasteiger partial charge in [-0.3, -0.25) is 9.58 Å². The van der Waals surface area contributed by atoms with Crippen LogP contribution < -0.4 is 9.64 Å². The largest absolute Gasteiger partial charge is 0.467 e. The molecular weight excluding hydrogens is 529 g/mol. The number of alkyl halides is 1. The van der Waals surface area contributed by atoms with E-state index in [1.54, 1.807) is 41.0 Å². The third kappa shape index (κ3) is 6.12. The van der Waals surface area contributed by atoms with E-state index in [1.807, 2.05) is 52.2 Å². The van der Waals surface area contributed by atoms with Gasteiger partial charge in [-0.05, 0) is 64.2 Å². The Bertz CT molecular complexity index is 1360. The topological polar surface area (TPSA) is 108 Å². The maximum Gasteiger partial charge on any atom is 0.410 e. The van der Waals surface area contributed by atoms with Crippen molar-refractivity contribution in [2.24, 2.45) is 7.05 Å². The Morgan fingerprint density at radius 3 is 2.63 bits per heavy atom. The quantitative estimate of drug-likeness (QED) is 0.378. The van der Waals surface area contributed by atoms with Crippen LogP contribution in [0.4, 0.5) is 15.1 Å². The number of benzene rings is 1. The van der Waals surface area contributed by atoms with Crippen LogP contribution in [0.1, 0.15) is 46.5 Å². The van der Waals surface area contributed by atoms with Crippen molar-refractivity contribution in [3.8, 4) is 28.1 Å². The zero-order valence-corrected chi connectivity index (χ0v) is 24.5. The number of piperidine rings is 2. The molecule has 0 spiro atoms. The number of ether oxygens (including phenoxy) is 3. The van der Waals surface area contributed by atoms with E-state index in [9.17, 15) is 4.79 Å². The number of hydrogen-bond donors (Lipinski definition) is 0. The first kappa shape index (κ1) is 28.7. The highest BCUT2D eigenvalue weighted by atomic mass is 19.1. The van der Waals surface area contributed by atoms with Crippen LogP contribution in [0.2, 0.25) is 0 Å². The van der Waals surface area contributed by atoms with Crippen molar-refractivity contribution in [1.29, 1.82) is 0 Å². The Labute approximate surface area is 239 Å². The zero-order valence-electron chi connectivity index (χ0n) is 24.5. The fourth-order valence-corrected chi connectivity index (χ4v) is 5.72. The molecular formula is C29H38FN7O4. The fourth-order valence-electron chi connectivity index (χ4n) is 5.72. The minimum atomic E-state index is -1.28. The molecule has 4 heterocycles. The van der Waals surface area contributed by atoms with E-state index in [4.69, 9.17) is 14.2 Å². The van der Waals surface area contributed by atoms with Gasteiger partial charge >= 0.3 is 6.09 Å². The number of carbonyl (C=O) groups excluding carboxylic acids is 1. The van der Waals surface area contributed by atoms with E-state index in [1.165, 1.54) is 0 Å². The lowest BCUT2D eigenvalue weighted by atomic mass is 9.80. The van der Waals surface area contributed by atoms with E-state index in [0.717, 1.165) is 24.0 Å². The molecule has 1 aromatic carbocycles. The van der Waals surface area contributed by atoms with Gasteiger partial charge in [0.1, 0.15) is 23.2 Å². The molecule has 11 nitrogen and oxygen atoms in total. The van der Waals surface area contributed by atoms with Crippen molar-refractivity contribution in [2.45, 2.75) is 76.4 Å². The monoisotopic (exact) mass is 567 g/mol. The second-order valence-electron chi connectivity index (χ2n) is 11.7. The first-order chi connectivity index (χ1) is 19.6. The van der Waals surface area contributed by atoms with Crippen molar-refractivity contribution in [1.82, 2.24) is 29.9 Å². The van der Waals surface area contributed by atoms with Gasteiger partial charge in [-0.2, -0.15) is 5.10 Å². The Hall–Kier alpha value is -3.80. The molecule has 2 bridgehead atoms. The van der Waals surface area contributed by atoms with Gasteiger partial charge in [-0.25, -0.2) is 14.2 Å². The normalized spacial score (nSPS) is 22.4.